The van der Waals surface area contributed by atoms with Crippen LogP contribution < -0.4 is 12.4 Å². The Kier molecular flexibility index (Phi) is 12.0. The van der Waals surface area contributed by atoms with Crippen LogP contribution in [0.5, 0.6) is 0 Å². The van der Waals surface area contributed by atoms with E-state index in [1.54, 1.807) is 0 Å². The largest absolute Gasteiger partial charge is 3.00 e. The fraction of sp³-hybridized carbons (Fsp3) is 0.100. The van der Waals surface area contributed by atoms with Crippen LogP contribution in [0.4, 0.5) is 0 Å². The second-order valence-corrected chi connectivity index (χ2v) is 5.78. The Balaban J connectivity index is 0.000000413. The molecule has 0 fully saturated rings. The Bertz CT molecular complexity index is 692. The van der Waals surface area contributed by atoms with Gasteiger partial charge in [0.05, 0.1) is 0 Å². The Morgan fingerprint density at radius 2 is 1.09 bits per heavy atom. The van der Waals surface area contributed by atoms with Crippen LogP contribution in [0, 0.1) is 0 Å². The SMILES string of the molecule is C[Si]C.[Cl-].[Zr+3].c1cc[cH-]c1.c1ccc2c(c1)[cH-]c1ccccc12. The Hall–Kier alpha value is -0.950. The van der Waals surface area contributed by atoms with Gasteiger partial charge in [-0.05, 0) is 0 Å². The quantitative estimate of drug-likeness (QED) is 0.306. The summed E-state index contributed by atoms with van der Waals surface area (Å²) in [6.45, 7) is 4.31. The first-order valence-corrected chi connectivity index (χ1v) is 9.15. The molecular weight excluding hydrogens is 395 g/mol. The third-order valence-electron chi connectivity index (χ3n) is 3.08. The van der Waals surface area contributed by atoms with E-state index in [4.69, 9.17) is 0 Å². The molecule has 0 amide bonds. The molecule has 4 aromatic carbocycles. The molecule has 0 atom stereocenters. The molecule has 0 aliphatic heterocycles. The van der Waals surface area contributed by atoms with E-state index in [2.05, 4.69) is 67.7 Å². The number of rotatable bonds is 0. The number of fused-ring (bicyclic) bond motifs is 3. The van der Waals surface area contributed by atoms with Crippen molar-refractivity contribution in [3.63, 3.8) is 0 Å². The summed E-state index contributed by atoms with van der Waals surface area (Å²) in [6, 6.07) is 29.3. The minimum Gasteiger partial charge on any atom is -1.00 e. The third kappa shape index (κ3) is 6.59. The fourth-order valence-corrected chi connectivity index (χ4v) is 2.22. The van der Waals surface area contributed by atoms with E-state index in [1.165, 1.54) is 21.5 Å². The van der Waals surface area contributed by atoms with Crippen molar-refractivity contribution >= 4 is 31.1 Å². The van der Waals surface area contributed by atoms with Gasteiger partial charge < -0.3 is 12.4 Å². The minimum absolute atomic E-state index is 0. The normalized spacial score (nSPS) is 8.78. The Labute approximate surface area is 167 Å². The monoisotopic (exact) mass is 413 g/mol. The summed E-state index contributed by atoms with van der Waals surface area (Å²) in [5.41, 5.74) is 0. The molecule has 0 heterocycles. The van der Waals surface area contributed by atoms with Gasteiger partial charge in [-0.1, -0.05) is 49.5 Å². The van der Waals surface area contributed by atoms with E-state index >= 15 is 0 Å². The van der Waals surface area contributed by atoms with Crippen LogP contribution in [-0.4, -0.2) is 9.52 Å². The maximum atomic E-state index is 2.24. The van der Waals surface area contributed by atoms with Crippen molar-refractivity contribution in [3.8, 4) is 0 Å². The predicted molar refractivity (Wildman–Crippen MR) is 96.6 cm³/mol. The minimum atomic E-state index is 0. The molecule has 0 aromatic heterocycles. The second-order valence-electron chi connectivity index (χ2n) is 4.78. The topological polar surface area (TPSA) is 0 Å². The molecule has 3 radical (unpaired) electrons. The third-order valence-corrected chi connectivity index (χ3v) is 3.08. The van der Waals surface area contributed by atoms with Crippen LogP contribution in [-0.2, 0) is 26.2 Å². The van der Waals surface area contributed by atoms with Crippen LogP contribution in [0.25, 0.3) is 21.5 Å². The van der Waals surface area contributed by atoms with Gasteiger partial charge in [0.25, 0.3) is 0 Å². The van der Waals surface area contributed by atoms with Crippen molar-refractivity contribution in [2.24, 2.45) is 0 Å². The first-order chi connectivity index (χ1) is 10.4. The fourth-order valence-electron chi connectivity index (χ4n) is 2.22. The van der Waals surface area contributed by atoms with E-state index in [1.807, 2.05) is 30.3 Å². The smallest absolute Gasteiger partial charge is 1.00 e. The molecule has 4 rings (SSSR count). The summed E-state index contributed by atoms with van der Waals surface area (Å²) in [6.07, 6.45) is 0. The summed E-state index contributed by atoms with van der Waals surface area (Å²) in [5, 5.41) is 5.39. The molecule has 0 aliphatic carbocycles. The van der Waals surface area contributed by atoms with Crippen LogP contribution in [0.2, 0.25) is 13.1 Å². The molecule has 115 valence electrons. The van der Waals surface area contributed by atoms with Gasteiger partial charge in [0.1, 0.15) is 0 Å². The predicted octanol–water partition coefficient (Wildman–Crippen LogP) is 2.91. The van der Waals surface area contributed by atoms with Crippen molar-refractivity contribution < 1.29 is 38.6 Å². The number of benzene rings is 2. The molecule has 0 saturated carbocycles. The van der Waals surface area contributed by atoms with Crippen LogP contribution in [0.3, 0.4) is 0 Å². The maximum absolute atomic E-state index is 2.24. The van der Waals surface area contributed by atoms with E-state index in [0.717, 1.165) is 9.52 Å². The molecule has 0 N–H and O–H groups in total. The van der Waals surface area contributed by atoms with Gasteiger partial charge >= 0.3 is 26.2 Å². The Morgan fingerprint density at radius 1 is 0.696 bits per heavy atom. The first kappa shape index (κ1) is 22.1. The standard InChI is InChI=1S/C13H9.C5H5.C2H6Si.ClH.Zr/c1-3-7-12-10(5-1)9-11-6-2-4-8-13(11)12;1-2-4-5-3-1;1-3-2;;/h1-9H;1-5H;1-2H3;1H;/q2*-1;;;+3/p-1. The number of hydrogen-bond acceptors (Lipinski definition) is 0. The molecule has 0 bridgehead atoms. The van der Waals surface area contributed by atoms with Gasteiger partial charge in [-0.2, -0.15) is 18.2 Å². The zero-order chi connectivity index (χ0) is 14.9. The van der Waals surface area contributed by atoms with E-state index in [-0.39, 0.29) is 38.6 Å². The summed E-state index contributed by atoms with van der Waals surface area (Å²) in [4.78, 5) is 0. The van der Waals surface area contributed by atoms with Crippen LogP contribution in [0.1, 0.15) is 0 Å². The van der Waals surface area contributed by atoms with Gasteiger partial charge in [0.2, 0.25) is 0 Å². The van der Waals surface area contributed by atoms with Gasteiger partial charge in [-0.15, -0.1) is 39.7 Å². The average Bonchev–Trinajstić information content (AvgIpc) is 3.19. The number of halogens is 1. The first-order valence-electron chi connectivity index (χ1n) is 7.15. The van der Waals surface area contributed by atoms with Crippen molar-refractivity contribution in [2.75, 3.05) is 0 Å². The zero-order valence-electron chi connectivity index (χ0n) is 13.5. The molecule has 3 heteroatoms. The van der Waals surface area contributed by atoms with Crippen LogP contribution >= 0.6 is 0 Å². The van der Waals surface area contributed by atoms with Crippen molar-refractivity contribution in [1.82, 2.24) is 0 Å². The second kappa shape index (κ2) is 12.5. The van der Waals surface area contributed by atoms with Crippen molar-refractivity contribution in [2.45, 2.75) is 13.1 Å². The van der Waals surface area contributed by atoms with Gasteiger partial charge in [0, 0.05) is 9.52 Å². The van der Waals surface area contributed by atoms with E-state index in [0.29, 0.717) is 0 Å². The molecule has 23 heavy (non-hydrogen) atoms. The molecule has 0 saturated heterocycles. The summed E-state index contributed by atoms with van der Waals surface area (Å²) >= 11 is 0. The molecule has 0 unspecified atom stereocenters. The summed E-state index contributed by atoms with van der Waals surface area (Å²) in [5.74, 6) is 0. The molecule has 4 aromatic rings. The van der Waals surface area contributed by atoms with E-state index < -0.39 is 0 Å². The van der Waals surface area contributed by atoms with Gasteiger partial charge in [0.15, 0.2) is 0 Å². The number of hydrogen-bond donors (Lipinski definition) is 0. The summed E-state index contributed by atoms with van der Waals surface area (Å²) in [7, 11) is 1.08. The molecule has 0 aliphatic rings. The van der Waals surface area contributed by atoms with Crippen LogP contribution in [0.15, 0.2) is 84.9 Å². The maximum Gasteiger partial charge on any atom is 3.00 e. The molecule has 0 spiro atoms. The van der Waals surface area contributed by atoms with Gasteiger partial charge in [-0.25, -0.2) is 12.1 Å². The molecule has 0 nitrogen and oxygen atoms in total. The Morgan fingerprint density at radius 3 is 1.43 bits per heavy atom. The van der Waals surface area contributed by atoms with Gasteiger partial charge in [-0.3, -0.25) is 0 Å². The van der Waals surface area contributed by atoms with E-state index in [9.17, 15) is 0 Å². The molecular formula is C20H20ClSiZr. The van der Waals surface area contributed by atoms with Crippen molar-refractivity contribution in [1.29, 1.82) is 0 Å². The summed E-state index contributed by atoms with van der Waals surface area (Å²) < 4.78 is 0. The average molecular weight is 415 g/mol. The zero-order valence-corrected chi connectivity index (χ0v) is 17.7. The van der Waals surface area contributed by atoms with Crippen molar-refractivity contribution in [3.05, 3.63) is 84.9 Å².